The molecule has 1 N–H and O–H groups in total. The molecule has 1 aromatic rings. The lowest BCUT2D eigenvalue weighted by atomic mass is 10.1. The summed E-state index contributed by atoms with van der Waals surface area (Å²) >= 11 is 0. The monoisotopic (exact) mass is 328 g/mol. The van der Waals surface area contributed by atoms with Gasteiger partial charge in [-0.3, -0.25) is 4.79 Å². The zero-order valence-corrected chi connectivity index (χ0v) is 13.4. The summed E-state index contributed by atoms with van der Waals surface area (Å²) in [7, 11) is -3.26. The van der Waals surface area contributed by atoms with Crippen molar-refractivity contribution in [2.75, 3.05) is 19.3 Å². The van der Waals surface area contributed by atoms with Gasteiger partial charge in [0, 0.05) is 25.6 Å². The standard InChI is InChI=1S/C15H21FN2O3S/c1-22(20,21)18(13-6-7-13)11-9-15(19)17-10-8-12-4-2-3-5-14(12)16/h2-5,13H,6-11H2,1H3,(H,17,19). The van der Waals surface area contributed by atoms with E-state index in [0.717, 1.165) is 12.8 Å². The topological polar surface area (TPSA) is 66.5 Å². The third kappa shape index (κ3) is 5.06. The normalized spacial score (nSPS) is 15.0. The third-order valence-corrected chi connectivity index (χ3v) is 4.95. The highest BCUT2D eigenvalue weighted by atomic mass is 32.2. The lowest BCUT2D eigenvalue weighted by Gasteiger charge is -2.18. The summed E-state index contributed by atoms with van der Waals surface area (Å²) < 4.78 is 38.0. The molecule has 0 spiro atoms. The minimum atomic E-state index is -3.26. The van der Waals surface area contributed by atoms with Crippen LogP contribution in [0.25, 0.3) is 0 Å². The average molecular weight is 328 g/mol. The van der Waals surface area contributed by atoms with E-state index in [4.69, 9.17) is 0 Å². The third-order valence-electron chi connectivity index (χ3n) is 3.61. The van der Waals surface area contributed by atoms with Gasteiger partial charge in [-0.15, -0.1) is 0 Å². The van der Waals surface area contributed by atoms with E-state index in [1.165, 1.54) is 16.6 Å². The van der Waals surface area contributed by atoms with Crippen LogP contribution < -0.4 is 5.32 Å². The highest BCUT2D eigenvalue weighted by molar-refractivity contribution is 7.88. The van der Waals surface area contributed by atoms with Crippen LogP contribution in [0.1, 0.15) is 24.8 Å². The molecule has 0 radical (unpaired) electrons. The second-order valence-electron chi connectivity index (χ2n) is 5.55. The van der Waals surface area contributed by atoms with Gasteiger partial charge in [0.25, 0.3) is 0 Å². The van der Waals surface area contributed by atoms with Crippen LogP contribution in [-0.4, -0.2) is 44.0 Å². The zero-order chi connectivity index (χ0) is 16.2. The fraction of sp³-hybridized carbons (Fsp3) is 0.533. The minimum Gasteiger partial charge on any atom is -0.356 e. The first kappa shape index (κ1) is 16.9. The van der Waals surface area contributed by atoms with E-state index in [0.29, 0.717) is 18.5 Å². The predicted molar refractivity (Wildman–Crippen MR) is 82.3 cm³/mol. The largest absolute Gasteiger partial charge is 0.356 e. The molecule has 1 amide bonds. The van der Waals surface area contributed by atoms with E-state index in [9.17, 15) is 17.6 Å². The molecule has 122 valence electrons. The van der Waals surface area contributed by atoms with Crippen molar-refractivity contribution in [3.63, 3.8) is 0 Å². The zero-order valence-electron chi connectivity index (χ0n) is 12.6. The van der Waals surface area contributed by atoms with Gasteiger partial charge in [-0.2, -0.15) is 4.31 Å². The van der Waals surface area contributed by atoms with Crippen molar-refractivity contribution in [3.8, 4) is 0 Å². The van der Waals surface area contributed by atoms with Crippen molar-refractivity contribution >= 4 is 15.9 Å². The van der Waals surface area contributed by atoms with Crippen molar-refractivity contribution in [1.29, 1.82) is 0 Å². The van der Waals surface area contributed by atoms with E-state index in [1.54, 1.807) is 18.2 Å². The molecular weight excluding hydrogens is 307 g/mol. The number of nitrogens with one attached hydrogen (secondary N) is 1. The van der Waals surface area contributed by atoms with E-state index < -0.39 is 10.0 Å². The molecule has 0 heterocycles. The summed E-state index contributed by atoms with van der Waals surface area (Å²) in [5.41, 5.74) is 0.554. The van der Waals surface area contributed by atoms with E-state index in [2.05, 4.69) is 5.32 Å². The number of carbonyl (C=O) groups is 1. The van der Waals surface area contributed by atoms with Crippen LogP contribution in [0.4, 0.5) is 4.39 Å². The summed E-state index contributed by atoms with van der Waals surface area (Å²) in [6, 6.07) is 6.49. The van der Waals surface area contributed by atoms with Crippen molar-refractivity contribution in [2.24, 2.45) is 0 Å². The molecule has 2 rings (SSSR count). The summed E-state index contributed by atoms with van der Waals surface area (Å²) in [5, 5.41) is 2.70. The van der Waals surface area contributed by atoms with Gasteiger partial charge in [0.15, 0.2) is 0 Å². The number of amides is 1. The molecule has 1 aliphatic rings. The number of halogens is 1. The molecule has 22 heavy (non-hydrogen) atoms. The quantitative estimate of drug-likeness (QED) is 0.782. The highest BCUT2D eigenvalue weighted by Gasteiger charge is 2.34. The fourth-order valence-corrected chi connectivity index (χ4v) is 3.49. The SMILES string of the molecule is CS(=O)(=O)N(CCC(=O)NCCc1ccccc1F)C1CC1. The van der Waals surface area contributed by atoms with Gasteiger partial charge in [0.05, 0.1) is 6.26 Å². The van der Waals surface area contributed by atoms with Gasteiger partial charge in [-0.1, -0.05) is 18.2 Å². The van der Waals surface area contributed by atoms with Crippen LogP contribution in [0.2, 0.25) is 0 Å². The molecule has 0 atom stereocenters. The molecular formula is C15H21FN2O3S. The molecule has 5 nitrogen and oxygen atoms in total. The second kappa shape index (κ2) is 7.19. The van der Waals surface area contributed by atoms with Gasteiger partial charge in [0.2, 0.25) is 15.9 Å². The number of hydrogen-bond acceptors (Lipinski definition) is 3. The van der Waals surface area contributed by atoms with Crippen LogP contribution in [0.15, 0.2) is 24.3 Å². The maximum absolute atomic E-state index is 13.4. The molecule has 0 aliphatic heterocycles. The lowest BCUT2D eigenvalue weighted by Crippen LogP contribution is -2.36. The summed E-state index contributed by atoms with van der Waals surface area (Å²) in [5.74, 6) is -0.501. The molecule has 0 saturated heterocycles. The molecule has 0 aromatic heterocycles. The van der Waals surface area contributed by atoms with Crippen LogP contribution in [0.5, 0.6) is 0 Å². The maximum Gasteiger partial charge on any atom is 0.221 e. The Labute approximate surface area is 130 Å². The van der Waals surface area contributed by atoms with Gasteiger partial charge in [0.1, 0.15) is 5.82 Å². The smallest absolute Gasteiger partial charge is 0.221 e. The Balaban J connectivity index is 1.73. The Morgan fingerprint density at radius 3 is 2.64 bits per heavy atom. The first-order valence-electron chi connectivity index (χ1n) is 7.35. The summed E-state index contributed by atoms with van der Waals surface area (Å²) in [6.07, 6.45) is 3.43. The molecule has 1 aromatic carbocycles. The molecule has 7 heteroatoms. The lowest BCUT2D eigenvalue weighted by molar-refractivity contribution is -0.121. The Morgan fingerprint density at radius 2 is 2.05 bits per heavy atom. The predicted octanol–water partition coefficient (Wildman–Crippen LogP) is 1.30. The van der Waals surface area contributed by atoms with Crippen LogP contribution in [-0.2, 0) is 21.2 Å². The summed E-state index contributed by atoms with van der Waals surface area (Å²) in [6.45, 7) is 0.539. The number of carbonyl (C=O) groups excluding carboxylic acids is 1. The van der Waals surface area contributed by atoms with Crippen molar-refractivity contribution in [2.45, 2.75) is 31.7 Å². The van der Waals surface area contributed by atoms with Crippen LogP contribution in [0, 0.1) is 5.82 Å². The van der Waals surface area contributed by atoms with Crippen LogP contribution >= 0.6 is 0 Å². The number of hydrogen-bond donors (Lipinski definition) is 1. The fourth-order valence-electron chi connectivity index (χ4n) is 2.32. The first-order chi connectivity index (χ1) is 10.4. The minimum absolute atomic E-state index is 0.0567. The molecule has 1 fully saturated rings. The van der Waals surface area contributed by atoms with Crippen molar-refractivity contribution in [1.82, 2.24) is 9.62 Å². The molecule has 0 bridgehead atoms. The van der Waals surface area contributed by atoms with Crippen LogP contribution in [0.3, 0.4) is 0 Å². The van der Waals surface area contributed by atoms with Gasteiger partial charge >= 0.3 is 0 Å². The van der Waals surface area contributed by atoms with Crippen molar-refractivity contribution < 1.29 is 17.6 Å². The number of nitrogens with zero attached hydrogens (tertiary/aromatic N) is 1. The second-order valence-corrected chi connectivity index (χ2v) is 7.48. The van der Waals surface area contributed by atoms with E-state index >= 15 is 0 Å². The Hall–Kier alpha value is -1.47. The molecule has 1 saturated carbocycles. The maximum atomic E-state index is 13.4. The first-order valence-corrected chi connectivity index (χ1v) is 9.19. The Bertz CT molecular complexity index is 629. The van der Waals surface area contributed by atoms with Gasteiger partial charge in [-0.05, 0) is 30.9 Å². The number of benzene rings is 1. The summed E-state index contributed by atoms with van der Waals surface area (Å²) in [4.78, 5) is 11.8. The number of rotatable bonds is 8. The molecule has 1 aliphatic carbocycles. The van der Waals surface area contributed by atoms with Gasteiger partial charge < -0.3 is 5.32 Å². The average Bonchev–Trinajstić information content (AvgIpc) is 3.24. The number of sulfonamides is 1. The Kier molecular flexibility index (Phi) is 5.52. The highest BCUT2D eigenvalue weighted by Crippen LogP contribution is 2.28. The Morgan fingerprint density at radius 1 is 1.36 bits per heavy atom. The molecule has 0 unspecified atom stereocenters. The van der Waals surface area contributed by atoms with E-state index in [1.807, 2.05) is 0 Å². The van der Waals surface area contributed by atoms with Gasteiger partial charge in [-0.25, -0.2) is 12.8 Å². The van der Waals surface area contributed by atoms with Crippen molar-refractivity contribution in [3.05, 3.63) is 35.6 Å². The van der Waals surface area contributed by atoms with E-state index in [-0.39, 0.29) is 30.7 Å².